The lowest BCUT2D eigenvalue weighted by Gasteiger charge is -2.18. The second kappa shape index (κ2) is 3.56. The van der Waals surface area contributed by atoms with Crippen LogP contribution < -0.4 is 4.90 Å². The Labute approximate surface area is 97.6 Å². The second-order valence-corrected chi connectivity index (χ2v) is 4.24. The average molecular weight is 233 g/mol. The van der Waals surface area contributed by atoms with Gasteiger partial charge in [-0.1, -0.05) is 6.07 Å². The summed E-state index contributed by atoms with van der Waals surface area (Å²) in [5.74, 6) is -0.473. The number of aliphatic hydroxyl groups is 1. The number of anilines is 1. The number of carbonyl (C=O) groups excluding carboxylic acids is 2. The molecule has 1 atom stereocenters. The number of β-amino-alcohol motifs (C(OH)–C–C–N with tert-alkyl or cyclic N) is 1. The number of rotatable bonds is 1. The van der Waals surface area contributed by atoms with E-state index in [0.717, 1.165) is 5.56 Å². The summed E-state index contributed by atoms with van der Waals surface area (Å²) in [7, 11) is 0. The number of amides is 1. The first-order chi connectivity index (χ1) is 8.16. The summed E-state index contributed by atoms with van der Waals surface area (Å²) in [5, 5.41) is 9.47. The molecule has 1 saturated heterocycles. The van der Waals surface area contributed by atoms with Crippen LogP contribution in [-0.2, 0) is 16.1 Å². The van der Waals surface area contributed by atoms with Crippen molar-refractivity contribution in [3.8, 4) is 0 Å². The molecule has 2 aliphatic heterocycles. The van der Waals surface area contributed by atoms with Gasteiger partial charge < -0.3 is 14.7 Å². The number of carbonyl (C=O) groups is 2. The highest BCUT2D eigenvalue weighted by atomic mass is 16.5. The van der Waals surface area contributed by atoms with Crippen LogP contribution in [-0.4, -0.2) is 29.6 Å². The van der Waals surface area contributed by atoms with Crippen molar-refractivity contribution in [2.24, 2.45) is 0 Å². The van der Waals surface area contributed by atoms with Crippen molar-refractivity contribution in [1.82, 2.24) is 0 Å². The van der Waals surface area contributed by atoms with Crippen LogP contribution in [0.1, 0.15) is 22.3 Å². The summed E-state index contributed by atoms with van der Waals surface area (Å²) in [6.07, 6.45) is -0.491. The molecule has 1 amide bonds. The fourth-order valence-corrected chi connectivity index (χ4v) is 2.31. The Kier molecular flexibility index (Phi) is 2.16. The third kappa shape index (κ3) is 1.51. The molecule has 88 valence electrons. The van der Waals surface area contributed by atoms with Gasteiger partial charge in [-0.15, -0.1) is 0 Å². The number of hydrogen-bond acceptors (Lipinski definition) is 4. The van der Waals surface area contributed by atoms with Crippen molar-refractivity contribution in [1.29, 1.82) is 0 Å². The van der Waals surface area contributed by atoms with E-state index in [4.69, 9.17) is 4.74 Å². The quantitative estimate of drug-likeness (QED) is 0.715. The van der Waals surface area contributed by atoms with Gasteiger partial charge in [0.2, 0.25) is 5.91 Å². The molecule has 2 aliphatic rings. The largest absolute Gasteiger partial charge is 0.457 e. The van der Waals surface area contributed by atoms with Gasteiger partial charge in [0.15, 0.2) is 0 Å². The smallest absolute Gasteiger partial charge is 0.338 e. The maximum Gasteiger partial charge on any atom is 0.338 e. The number of esters is 1. The van der Waals surface area contributed by atoms with Crippen LogP contribution in [0.25, 0.3) is 0 Å². The lowest BCUT2D eigenvalue weighted by molar-refractivity contribution is -0.117. The molecule has 0 bridgehead atoms. The monoisotopic (exact) mass is 233 g/mol. The van der Waals surface area contributed by atoms with Crippen LogP contribution >= 0.6 is 0 Å². The van der Waals surface area contributed by atoms with E-state index in [9.17, 15) is 14.7 Å². The number of hydrogen-bond donors (Lipinski definition) is 1. The third-order valence-electron chi connectivity index (χ3n) is 3.11. The number of fused-ring (bicyclic) bond motifs is 1. The average Bonchev–Trinajstić information content (AvgIpc) is 2.83. The zero-order chi connectivity index (χ0) is 12.0. The third-order valence-corrected chi connectivity index (χ3v) is 3.11. The molecule has 1 N–H and O–H groups in total. The van der Waals surface area contributed by atoms with E-state index in [-0.39, 0.29) is 31.4 Å². The molecule has 3 rings (SSSR count). The minimum Gasteiger partial charge on any atom is -0.457 e. The molecule has 0 aromatic heterocycles. The lowest BCUT2D eigenvalue weighted by atomic mass is 10.1. The summed E-state index contributed by atoms with van der Waals surface area (Å²) in [6, 6.07) is 5.18. The van der Waals surface area contributed by atoms with Crippen molar-refractivity contribution >= 4 is 17.6 Å². The molecule has 17 heavy (non-hydrogen) atoms. The van der Waals surface area contributed by atoms with Crippen LogP contribution in [0.2, 0.25) is 0 Å². The first-order valence-corrected chi connectivity index (χ1v) is 5.44. The molecule has 5 heteroatoms. The minimum absolute atomic E-state index is 0.120. The van der Waals surface area contributed by atoms with Gasteiger partial charge in [-0.25, -0.2) is 4.79 Å². The maximum absolute atomic E-state index is 11.7. The fourth-order valence-electron chi connectivity index (χ4n) is 2.31. The van der Waals surface area contributed by atoms with E-state index in [1.165, 1.54) is 4.90 Å². The molecule has 1 aromatic rings. The molecule has 0 saturated carbocycles. The van der Waals surface area contributed by atoms with Gasteiger partial charge in [-0.3, -0.25) is 4.79 Å². The van der Waals surface area contributed by atoms with Crippen molar-refractivity contribution in [2.45, 2.75) is 19.1 Å². The molecule has 1 aromatic carbocycles. The van der Waals surface area contributed by atoms with Gasteiger partial charge in [-0.05, 0) is 12.1 Å². The molecule has 2 heterocycles. The highest BCUT2D eigenvalue weighted by molar-refractivity contribution is 6.01. The number of aliphatic hydroxyl groups excluding tert-OH is 1. The zero-order valence-electron chi connectivity index (χ0n) is 9.05. The molecule has 0 aliphatic carbocycles. The van der Waals surface area contributed by atoms with Gasteiger partial charge in [0.05, 0.1) is 30.3 Å². The van der Waals surface area contributed by atoms with Crippen LogP contribution in [0.5, 0.6) is 0 Å². The first kappa shape index (κ1) is 10.3. The first-order valence-electron chi connectivity index (χ1n) is 5.44. The van der Waals surface area contributed by atoms with E-state index >= 15 is 0 Å². The Balaban J connectivity index is 2.05. The summed E-state index contributed by atoms with van der Waals surface area (Å²) in [4.78, 5) is 24.6. The van der Waals surface area contributed by atoms with E-state index in [1.807, 2.05) is 0 Å². The molecule has 0 spiro atoms. The Hall–Kier alpha value is -1.88. The van der Waals surface area contributed by atoms with Crippen LogP contribution in [0.3, 0.4) is 0 Å². The van der Waals surface area contributed by atoms with Gasteiger partial charge >= 0.3 is 5.97 Å². The number of cyclic esters (lactones) is 1. The van der Waals surface area contributed by atoms with Crippen LogP contribution in [0.15, 0.2) is 18.2 Å². The molecule has 5 nitrogen and oxygen atoms in total. The Bertz CT molecular complexity index is 511. The van der Waals surface area contributed by atoms with E-state index in [2.05, 4.69) is 0 Å². The fraction of sp³-hybridized carbons (Fsp3) is 0.333. The number of nitrogens with zero attached hydrogens (tertiary/aromatic N) is 1. The summed E-state index contributed by atoms with van der Waals surface area (Å²) < 4.78 is 4.95. The predicted molar refractivity (Wildman–Crippen MR) is 58.5 cm³/mol. The Morgan fingerprint density at radius 3 is 2.88 bits per heavy atom. The van der Waals surface area contributed by atoms with Gasteiger partial charge in [0, 0.05) is 5.56 Å². The van der Waals surface area contributed by atoms with Crippen molar-refractivity contribution < 1.29 is 19.4 Å². The summed E-state index contributed by atoms with van der Waals surface area (Å²) >= 11 is 0. The SMILES string of the molecule is O=C1OCc2c1cccc2N1CC(O)CC1=O. The van der Waals surface area contributed by atoms with E-state index in [1.54, 1.807) is 18.2 Å². The summed E-state index contributed by atoms with van der Waals surface area (Å²) in [5.41, 5.74) is 1.92. The van der Waals surface area contributed by atoms with Crippen molar-refractivity contribution in [2.75, 3.05) is 11.4 Å². The predicted octanol–water partition coefficient (Wildman–Crippen LogP) is 0.455. The Morgan fingerprint density at radius 1 is 1.35 bits per heavy atom. The van der Waals surface area contributed by atoms with E-state index < -0.39 is 6.10 Å². The van der Waals surface area contributed by atoms with Gasteiger partial charge in [-0.2, -0.15) is 0 Å². The molecule has 1 fully saturated rings. The molecule has 1 unspecified atom stereocenters. The molecule has 0 radical (unpaired) electrons. The standard InChI is InChI=1S/C12H11NO4/c14-7-4-11(15)13(5-7)10-3-1-2-8-9(10)6-17-12(8)16/h1-3,7,14H,4-6H2. The topological polar surface area (TPSA) is 66.8 Å². The number of benzene rings is 1. The Morgan fingerprint density at radius 2 is 2.18 bits per heavy atom. The highest BCUT2D eigenvalue weighted by Crippen LogP contribution is 2.32. The van der Waals surface area contributed by atoms with E-state index in [0.29, 0.717) is 11.3 Å². The van der Waals surface area contributed by atoms with Crippen molar-refractivity contribution in [3.05, 3.63) is 29.3 Å². The highest BCUT2D eigenvalue weighted by Gasteiger charge is 2.33. The molecular weight excluding hydrogens is 222 g/mol. The van der Waals surface area contributed by atoms with Gasteiger partial charge in [0.1, 0.15) is 6.61 Å². The van der Waals surface area contributed by atoms with Gasteiger partial charge in [0.25, 0.3) is 0 Å². The lowest BCUT2D eigenvalue weighted by Crippen LogP contribution is -2.26. The summed E-state index contributed by atoms with van der Waals surface area (Å²) in [6.45, 7) is 0.480. The second-order valence-electron chi connectivity index (χ2n) is 4.24. The van der Waals surface area contributed by atoms with Crippen LogP contribution in [0.4, 0.5) is 5.69 Å². The van der Waals surface area contributed by atoms with Crippen LogP contribution in [0, 0.1) is 0 Å². The number of ether oxygens (including phenoxy) is 1. The minimum atomic E-state index is -0.628. The van der Waals surface area contributed by atoms with Crippen molar-refractivity contribution in [3.63, 3.8) is 0 Å². The maximum atomic E-state index is 11.7. The normalized spacial score (nSPS) is 22.9. The molecular formula is C12H11NO4. The zero-order valence-corrected chi connectivity index (χ0v) is 9.05.